The number of nitrogens with zero attached hydrogens (tertiary/aromatic N) is 1. The van der Waals surface area contributed by atoms with E-state index in [1.54, 1.807) is 12.1 Å². The quantitative estimate of drug-likeness (QED) is 0.804. The van der Waals surface area contributed by atoms with Gasteiger partial charge in [0.15, 0.2) is 0 Å². The molecule has 0 aliphatic rings. The van der Waals surface area contributed by atoms with Crippen LogP contribution in [0.5, 0.6) is 11.5 Å². The molecule has 0 aliphatic carbocycles. The van der Waals surface area contributed by atoms with Crippen molar-refractivity contribution in [2.24, 2.45) is 4.99 Å². The minimum Gasteiger partial charge on any atom is -0.506 e. The molecular weight excluding hydrogens is 285 g/mol. The third kappa shape index (κ3) is 3.19. The Balaban J connectivity index is 2.38. The molecule has 0 saturated carbocycles. The number of benzene rings is 2. The van der Waals surface area contributed by atoms with Gasteiger partial charge >= 0.3 is 0 Å². The highest BCUT2D eigenvalue weighted by Crippen LogP contribution is 2.31. The van der Waals surface area contributed by atoms with Crippen molar-refractivity contribution in [3.63, 3.8) is 0 Å². The number of rotatable bonds is 2. The summed E-state index contributed by atoms with van der Waals surface area (Å²) in [6.07, 6.45) is 1.40. The van der Waals surface area contributed by atoms with Crippen LogP contribution in [-0.2, 0) is 0 Å². The van der Waals surface area contributed by atoms with Crippen molar-refractivity contribution >= 4 is 35.1 Å². The SMILES string of the molecule is Cc1ccc(N=Cc2cc(Cl)cc(Cl)c2O)c(O)c1. The van der Waals surface area contributed by atoms with E-state index in [1.165, 1.54) is 18.3 Å². The van der Waals surface area contributed by atoms with E-state index in [-0.39, 0.29) is 16.5 Å². The first-order valence-corrected chi connectivity index (χ1v) is 6.24. The summed E-state index contributed by atoms with van der Waals surface area (Å²) in [5.41, 5.74) is 1.73. The van der Waals surface area contributed by atoms with Crippen LogP contribution in [0.15, 0.2) is 35.3 Å². The Morgan fingerprint density at radius 2 is 1.84 bits per heavy atom. The summed E-state index contributed by atoms with van der Waals surface area (Å²) in [4.78, 5) is 4.11. The van der Waals surface area contributed by atoms with Crippen LogP contribution in [0, 0.1) is 6.92 Å². The van der Waals surface area contributed by atoms with Crippen LogP contribution in [0.25, 0.3) is 0 Å². The summed E-state index contributed by atoms with van der Waals surface area (Å²) in [6.45, 7) is 1.87. The smallest absolute Gasteiger partial charge is 0.143 e. The summed E-state index contributed by atoms with van der Waals surface area (Å²) < 4.78 is 0. The van der Waals surface area contributed by atoms with Crippen LogP contribution in [0.3, 0.4) is 0 Å². The summed E-state index contributed by atoms with van der Waals surface area (Å²) in [6, 6.07) is 8.11. The second-order valence-corrected chi connectivity index (χ2v) is 4.92. The van der Waals surface area contributed by atoms with E-state index in [0.29, 0.717) is 16.3 Å². The number of phenols is 2. The van der Waals surface area contributed by atoms with Crippen molar-refractivity contribution in [3.8, 4) is 11.5 Å². The minimum atomic E-state index is -0.0959. The highest BCUT2D eigenvalue weighted by Gasteiger charge is 2.06. The van der Waals surface area contributed by atoms with Crippen LogP contribution >= 0.6 is 23.2 Å². The van der Waals surface area contributed by atoms with Gasteiger partial charge in [-0.3, -0.25) is 4.99 Å². The molecule has 0 saturated heterocycles. The van der Waals surface area contributed by atoms with Crippen molar-refractivity contribution in [2.45, 2.75) is 6.92 Å². The van der Waals surface area contributed by atoms with Crippen LogP contribution < -0.4 is 0 Å². The van der Waals surface area contributed by atoms with Crippen LogP contribution in [0.2, 0.25) is 10.0 Å². The van der Waals surface area contributed by atoms with Crippen LogP contribution in [0.4, 0.5) is 5.69 Å². The maximum absolute atomic E-state index is 9.77. The zero-order valence-electron chi connectivity index (χ0n) is 10.1. The number of aryl methyl sites for hydroxylation is 1. The lowest BCUT2D eigenvalue weighted by Gasteiger charge is -2.03. The fraction of sp³-hybridized carbons (Fsp3) is 0.0714. The van der Waals surface area contributed by atoms with Crippen molar-refractivity contribution in [3.05, 3.63) is 51.5 Å². The van der Waals surface area contributed by atoms with Gasteiger partial charge in [-0.15, -0.1) is 0 Å². The highest BCUT2D eigenvalue weighted by atomic mass is 35.5. The van der Waals surface area contributed by atoms with Gasteiger partial charge in [0.25, 0.3) is 0 Å². The number of phenolic OH excluding ortho intramolecular Hbond substituents is 2. The molecule has 5 heteroatoms. The summed E-state index contributed by atoms with van der Waals surface area (Å²) in [5, 5.41) is 20.0. The van der Waals surface area contributed by atoms with Crippen molar-refractivity contribution < 1.29 is 10.2 Å². The second kappa shape index (κ2) is 5.51. The van der Waals surface area contributed by atoms with E-state index in [1.807, 2.05) is 13.0 Å². The first-order chi connectivity index (χ1) is 8.97. The van der Waals surface area contributed by atoms with Gasteiger partial charge in [0, 0.05) is 16.8 Å². The Morgan fingerprint density at radius 1 is 1.11 bits per heavy atom. The monoisotopic (exact) mass is 295 g/mol. The number of hydrogen-bond donors (Lipinski definition) is 2. The molecule has 98 valence electrons. The minimum absolute atomic E-state index is 0.0730. The number of aliphatic imine (C=N–C) groups is 1. The van der Waals surface area contributed by atoms with Crippen LogP contribution in [0.1, 0.15) is 11.1 Å². The van der Waals surface area contributed by atoms with Gasteiger partial charge in [-0.1, -0.05) is 29.3 Å². The molecule has 19 heavy (non-hydrogen) atoms. The van der Waals surface area contributed by atoms with Crippen molar-refractivity contribution in [1.82, 2.24) is 0 Å². The molecular formula is C14H11Cl2NO2. The third-order valence-corrected chi connectivity index (χ3v) is 3.04. The van der Waals surface area contributed by atoms with E-state index in [9.17, 15) is 10.2 Å². The zero-order chi connectivity index (χ0) is 14.0. The normalized spacial score (nSPS) is 11.1. The van der Waals surface area contributed by atoms with Gasteiger partial charge in [0.05, 0.1) is 5.02 Å². The molecule has 0 spiro atoms. The van der Waals surface area contributed by atoms with Gasteiger partial charge in [-0.25, -0.2) is 0 Å². The average Bonchev–Trinajstić information content (AvgIpc) is 2.33. The molecule has 0 heterocycles. The topological polar surface area (TPSA) is 52.8 Å². The molecule has 2 rings (SSSR count). The highest BCUT2D eigenvalue weighted by molar-refractivity contribution is 6.36. The van der Waals surface area contributed by atoms with E-state index >= 15 is 0 Å². The average molecular weight is 296 g/mol. The third-order valence-electron chi connectivity index (χ3n) is 2.53. The Kier molecular flexibility index (Phi) is 3.98. The Morgan fingerprint density at radius 3 is 2.53 bits per heavy atom. The van der Waals surface area contributed by atoms with Gasteiger partial charge < -0.3 is 10.2 Å². The van der Waals surface area contributed by atoms with Gasteiger partial charge in [-0.2, -0.15) is 0 Å². The molecule has 0 bridgehead atoms. The zero-order valence-corrected chi connectivity index (χ0v) is 11.6. The Bertz CT molecular complexity index is 654. The predicted octanol–water partition coefficient (Wildman–Crippen LogP) is 4.46. The molecule has 2 aromatic rings. The molecule has 3 nitrogen and oxygen atoms in total. The molecule has 2 N–H and O–H groups in total. The summed E-state index contributed by atoms with van der Waals surface area (Å²) in [7, 11) is 0. The summed E-state index contributed by atoms with van der Waals surface area (Å²) >= 11 is 11.7. The maximum Gasteiger partial charge on any atom is 0.143 e. The standard InChI is InChI=1S/C14H11Cl2NO2/c1-8-2-3-12(13(18)4-8)17-7-9-5-10(15)6-11(16)14(9)19/h2-7,18-19H,1H3. The van der Waals surface area contributed by atoms with E-state index in [0.717, 1.165) is 5.56 Å². The molecule has 2 aromatic carbocycles. The molecule has 0 fully saturated rings. The number of hydrogen-bond acceptors (Lipinski definition) is 3. The van der Waals surface area contributed by atoms with Crippen LogP contribution in [-0.4, -0.2) is 16.4 Å². The van der Waals surface area contributed by atoms with E-state index in [4.69, 9.17) is 23.2 Å². The summed E-state index contributed by atoms with van der Waals surface area (Å²) in [5.74, 6) is -0.0229. The largest absolute Gasteiger partial charge is 0.506 e. The molecule has 0 atom stereocenters. The number of halogens is 2. The fourth-order valence-corrected chi connectivity index (χ4v) is 2.08. The van der Waals surface area contributed by atoms with Gasteiger partial charge in [0.1, 0.15) is 17.2 Å². The van der Waals surface area contributed by atoms with E-state index < -0.39 is 0 Å². The number of aromatic hydroxyl groups is 2. The first kappa shape index (κ1) is 13.7. The lowest BCUT2D eigenvalue weighted by molar-refractivity contribution is 0.474. The lowest BCUT2D eigenvalue weighted by Crippen LogP contribution is -1.84. The second-order valence-electron chi connectivity index (χ2n) is 4.08. The fourth-order valence-electron chi connectivity index (χ4n) is 1.57. The Labute approximate surface area is 120 Å². The molecule has 0 aromatic heterocycles. The molecule has 0 aliphatic heterocycles. The lowest BCUT2D eigenvalue weighted by atomic mass is 10.2. The van der Waals surface area contributed by atoms with Crippen molar-refractivity contribution in [1.29, 1.82) is 0 Å². The molecule has 0 unspecified atom stereocenters. The van der Waals surface area contributed by atoms with Gasteiger partial charge in [-0.05, 0) is 36.8 Å². The first-order valence-electron chi connectivity index (χ1n) is 5.49. The molecule has 0 amide bonds. The van der Waals surface area contributed by atoms with Gasteiger partial charge in [0.2, 0.25) is 0 Å². The van der Waals surface area contributed by atoms with Crippen molar-refractivity contribution in [2.75, 3.05) is 0 Å². The predicted molar refractivity (Wildman–Crippen MR) is 78.2 cm³/mol. The molecule has 0 radical (unpaired) electrons. The van der Waals surface area contributed by atoms with E-state index in [2.05, 4.69) is 4.99 Å². The Hall–Kier alpha value is -1.71. The maximum atomic E-state index is 9.77.